The Morgan fingerprint density at radius 2 is 2.03 bits per heavy atom. The number of aliphatic hydroxyl groups is 1. The summed E-state index contributed by atoms with van der Waals surface area (Å²) in [5.41, 5.74) is 1.20. The molecule has 6 heteroatoms. The smallest absolute Gasteiger partial charge is 0.305 e. The van der Waals surface area contributed by atoms with Crippen LogP contribution in [0.2, 0.25) is 18.1 Å². The van der Waals surface area contributed by atoms with Crippen molar-refractivity contribution in [2.75, 3.05) is 7.11 Å². The van der Waals surface area contributed by atoms with E-state index in [0.717, 1.165) is 30.2 Å². The molecule has 1 aliphatic rings. The molecule has 0 saturated heterocycles. The molecule has 1 aliphatic carbocycles. The molecule has 0 amide bonds. The summed E-state index contributed by atoms with van der Waals surface area (Å²) in [7, 11) is -0.552. The normalized spacial score (nSPS) is 23.2. The molecule has 1 saturated carbocycles. The van der Waals surface area contributed by atoms with Crippen LogP contribution in [0.25, 0.3) is 0 Å². The Labute approximate surface area is 223 Å². The molecule has 0 radical (unpaired) electrons. The average molecular weight is 568 g/mol. The Morgan fingerprint density at radius 1 is 1.37 bits per heavy atom. The molecule has 5 atom stereocenters. The number of hydrogen-bond donors (Lipinski definition) is 1. The first-order valence-corrected chi connectivity index (χ1v) is 16.5. The minimum atomic E-state index is -1.97. The zero-order chi connectivity index (χ0) is 26.8. The first-order chi connectivity index (χ1) is 16.2. The molecule has 0 aromatic carbocycles. The van der Waals surface area contributed by atoms with Gasteiger partial charge >= 0.3 is 5.97 Å². The van der Waals surface area contributed by atoms with Crippen LogP contribution in [-0.2, 0) is 14.0 Å². The average Bonchev–Trinajstić information content (AvgIpc) is 3.05. The van der Waals surface area contributed by atoms with Crippen LogP contribution < -0.4 is 0 Å². The number of methoxy groups -OCH3 is 1. The van der Waals surface area contributed by atoms with Gasteiger partial charge in [-0.3, -0.25) is 4.79 Å². The standard InChI is InChI=1S/C29H47BrO4Si/c1-10-11-14-21(2)26(31)18-17-24-25(20-23(30)15-12-13-16-28(32)33-7)22(3)19-27(24)34-35(8,9)29(4,5)6/h15,17-18,21,24-27,31H,3,12-14,16,19-20H2,1-2,4-9H3/b18-17+,23-15-/t21-,24+,25-,26+,27?/m0/s1. The Morgan fingerprint density at radius 3 is 2.60 bits per heavy atom. The van der Waals surface area contributed by atoms with E-state index in [0.29, 0.717) is 12.8 Å². The van der Waals surface area contributed by atoms with E-state index in [1.54, 1.807) is 0 Å². The summed E-state index contributed by atoms with van der Waals surface area (Å²) in [6.45, 7) is 19.7. The van der Waals surface area contributed by atoms with Crippen LogP contribution in [0.3, 0.4) is 0 Å². The molecule has 0 spiro atoms. The molecular formula is C29H47BrO4Si. The molecule has 198 valence electrons. The maximum atomic E-state index is 11.4. The monoisotopic (exact) mass is 566 g/mol. The molecule has 0 aliphatic heterocycles. The second kappa shape index (κ2) is 14.6. The highest BCUT2D eigenvalue weighted by atomic mass is 79.9. The van der Waals surface area contributed by atoms with E-state index in [4.69, 9.17) is 9.16 Å². The van der Waals surface area contributed by atoms with Crippen LogP contribution >= 0.6 is 15.9 Å². The number of hydrogen-bond acceptors (Lipinski definition) is 4. The van der Waals surface area contributed by atoms with E-state index in [-0.39, 0.29) is 34.9 Å². The molecular weight excluding hydrogens is 520 g/mol. The molecule has 1 fully saturated rings. The minimum Gasteiger partial charge on any atom is -0.469 e. The summed E-state index contributed by atoms with van der Waals surface area (Å²) < 4.78 is 12.7. The van der Waals surface area contributed by atoms with Crippen molar-refractivity contribution in [3.05, 3.63) is 34.9 Å². The molecule has 0 bridgehead atoms. The third-order valence-corrected chi connectivity index (χ3v) is 12.6. The highest BCUT2D eigenvalue weighted by Crippen LogP contribution is 2.47. The fraction of sp³-hybridized carbons (Fsp3) is 0.690. The molecule has 4 nitrogen and oxygen atoms in total. The van der Waals surface area contributed by atoms with Gasteiger partial charge in [-0.1, -0.05) is 74.0 Å². The van der Waals surface area contributed by atoms with E-state index in [1.165, 1.54) is 12.7 Å². The second-order valence-corrected chi connectivity index (χ2v) is 17.0. The van der Waals surface area contributed by atoms with Gasteiger partial charge in [-0.25, -0.2) is 0 Å². The van der Waals surface area contributed by atoms with Crippen LogP contribution in [0, 0.1) is 29.6 Å². The predicted octanol–water partition coefficient (Wildman–Crippen LogP) is 7.55. The van der Waals surface area contributed by atoms with Gasteiger partial charge in [0.05, 0.1) is 19.3 Å². The third kappa shape index (κ3) is 10.4. The van der Waals surface area contributed by atoms with Gasteiger partial charge in [0, 0.05) is 18.8 Å². The van der Waals surface area contributed by atoms with Gasteiger partial charge in [0.1, 0.15) is 0 Å². The number of halogens is 1. The van der Waals surface area contributed by atoms with E-state index in [9.17, 15) is 9.90 Å². The molecule has 0 aromatic heterocycles. The fourth-order valence-corrected chi connectivity index (χ4v) is 5.94. The first kappa shape index (κ1) is 31.9. The highest BCUT2D eigenvalue weighted by Gasteiger charge is 2.45. The van der Waals surface area contributed by atoms with Crippen molar-refractivity contribution in [1.29, 1.82) is 0 Å². The number of aliphatic hydroxyl groups excluding tert-OH is 1. The van der Waals surface area contributed by atoms with Gasteiger partial charge in [0.15, 0.2) is 8.32 Å². The quantitative estimate of drug-likeness (QED) is 0.0870. The molecule has 1 unspecified atom stereocenters. The number of carbonyl (C=O) groups is 1. The lowest BCUT2D eigenvalue weighted by Gasteiger charge is -2.40. The van der Waals surface area contributed by atoms with Crippen molar-refractivity contribution >= 4 is 30.2 Å². The van der Waals surface area contributed by atoms with E-state index >= 15 is 0 Å². The van der Waals surface area contributed by atoms with Gasteiger partial charge in [0.25, 0.3) is 0 Å². The SMILES string of the molecule is C=C1CC(O[Si](C)(C)C(C)(C)C)[C@H](/C=C/[C@@H](O)[C@@H](C)CC#CC)[C@H]1C/C(Br)=C/CCCC(=O)OC. The van der Waals surface area contributed by atoms with Crippen molar-refractivity contribution in [1.82, 2.24) is 0 Å². The Bertz CT molecular complexity index is 828. The van der Waals surface area contributed by atoms with Crippen molar-refractivity contribution < 1.29 is 19.1 Å². The maximum Gasteiger partial charge on any atom is 0.305 e. The van der Waals surface area contributed by atoms with Gasteiger partial charge in [-0.2, -0.15) is 0 Å². The van der Waals surface area contributed by atoms with Gasteiger partial charge in [-0.15, -0.1) is 11.8 Å². The van der Waals surface area contributed by atoms with Crippen LogP contribution in [0.1, 0.15) is 73.1 Å². The van der Waals surface area contributed by atoms with Crippen molar-refractivity contribution in [2.45, 2.75) is 103 Å². The molecule has 0 heterocycles. The van der Waals surface area contributed by atoms with E-state index in [1.807, 2.05) is 19.9 Å². The third-order valence-electron chi connectivity index (χ3n) is 7.44. The zero-order valence-corrected chi connectivity index (χ0v) is 25.7. The Hall–Kier alpha value is -1.13. The van der Waals surface area contributed by atoms with Crippen LogP contribution in [0.15, 0.2) is 34.9 Å². The minimum absolute atomic E-state index is 0.0576. The largest absolute Gasteiger partial charge is 0.469 e. The lowest BCUT2D eigenvalue weighted by molar-refractivity contribution is -0.140. The Balaban J connectivity index is 3.07. The van der Waals surface area contributed by atoms with E-state index in [2.05, 4.69) is 80.4 Å². The number of esters is 1. The number of carbonyl (C=O) groups excluding carboxylic acids is 1. The lowest BCUT2D eigenvalue weighted by Crippen LogP contribution is -2.45. The fourth-order valence-electron chi connectivity index (χ4n) is 4.01. The number of rotatable bonds is 12. The first-order valence-electron chi connectivity index (χ1n) is 12.8. The summed E-state index contributed by atoms with van der Waals surface area (Å²) in [5, 5.41) is 10.8. The summed E-state index contributed by atoms with van der Waals surface area (Å²) in [6.07, 6.45) is 10.1. The topological polar surface area (TPSA) is 55.8 Å². The molecule has 1 N–H and O–H groups in total. The molecule has 1 rings (SSSR count). The van der Waals surface area contributed by atoms with Crippen molar-refractivity contribution in [2.24, 2.45) is 17.8 Å². The summed E-state index contributed by atoms with van der Waals surface area (Å²) >= 11 is 3.76. The predicted molar refractivity (Wildman–Crippen MR) is 153 cm³/mol. The summed E-state index contributed by atoms with van der Waals surface area (Å²) in [6, 6.07) is 0. The lowest BCUT2D eigenvalue weighted by atomic mass is 9.88. The van der Waals surface area contributed by atoms with Crippen LogP contribution in [-0.4, -0.2) is 38.7 Å². The number of ether oxygens (including phenoxy) is 1. The van der Waals surface area contributed by atoms with Gasteiger partial charge in [0.2, 0.25) is 0 Å². The molecule has 0 aromatic rings. The molecule has 35 heavy (non-hydrogen) atoms. The van der Waals surface area contributed by atoms with Crippen LogP contribution in [0.5, 0.6) is 0 Å². The van der Waals surface area contributed by atoms with Crippen LogP contribution in [0.4, 0.5) is 0 Å². The second-order valence-electron chi connectivity index (χ2n) is 11.3. The summed E-state index contributed by atoms with van der Waals surface area (Å²) in [4.78, 5) is 11.4. The Kier molecular flexibility index (Phi) is 13.3. The maximum absolute atomic E-state index is 11.4. The van der Waals surface area contributed by atoms with Crippen molar-refractivity contribution in [3.63, 3.8) is 0 Å². The van der Waals surface area contributed by atoms with Gasteiger partial charge in [-0.05, 0) is 67.1 Å². The van der Waals surface area contributed by atoms with E-state index < -0.39 is 14.4 Å². The number of allylic oxidation sites excluding steroid dienone is 2. The van der Waals surface area contributed by atoms with Crippen molar-refractivity contribution in [3.8, 4) is 11.8 Å². The summed E-state index contributed by atoms with van der Waals surface area (Å²) in [5.74, 6) is 6.25. The van der Waals surface area contributed by atoms with Gasteiger partial charge < -0.3 is 14.3 Å². The zero-order valence-electron chi connectivity index (χ0n) is 23.1. The number of unbranched alkanes of at least 4 members (excludes halogenated alkanes) is 1. The highest BCUT2D eigenvalue weighted by molar-refractivity contribution is 9.11.